The van der Waals surface area contributed by atoms with Gasteiger partial charge in [-0.2, -0.15) is 0 Å². The Morgan fingerprint density at radius 1 is 1.16 bits per heavy atom. The maximum absolute atomic E-state index is 5.43. The molecule has 25 heavy (non-hydrogen) atoms. The lowest BCUT2D eigenvalue weighted by Crippen LogP contribution is -2.37. The summed E-state index contributed by atoms with van der Waals surface area (Å²) in [6.07, 6.45) is 0.916. The van der Waals surface area contributed by atoms with E-state index in [2.05, 4.69) is 38.1 Å². The van der Waals surface area contributed by atoms with E-state index in [0.29, 0.717) is 26.4 Å². The number of hydrogen-bond acceptors (Lipinski definition) is 5. The Morgan fingerprint density at radius 2 is 2.00 bits per heavy atom. The second-order valence-corrected chi connectivity index (χ2v) is 6.25. The fourth-order valence-electron chi connectivity index (χ4n) is 2.14. The van der Waals surface area contributed by atoms with E-state index in [-0.39, 0.29) is 0 Å². The summed E-state index contributed by atoms with van der Waals surface area (Å²) >= 11 is 1.65. The van der Waals surface area contributed by atoms with Crippen LogP contribution in [0.2, 0.25) is 0 Å². The molecule has 2 N–H and O–H groups in total. The molecule has 1 heterocycles. The van der Waals surface area contributed by atoms with E-state index in [1.807, 2.05) is 18.2 Å². The van der Waals surface area contributed by atoms with Gasteiger partial charge in [0.1, 0.15) is 5.01 Å². The van der Waals surface area contributed by atoms with Crippen LogP contribution in [0.15, 0.2) is 40.7 Å². The minimum Gasteiger partial charge on any atom is -0.382 e. The summed E-state index contributed by atoms with van der Waals surface area (Å²) in [5.41, 5.74) is 2.15. The standard InChI is InChI=1S/C18H26N4O2S/c1-19-18(20-9-6-10-24-12-11-23-2)21-13-17-22-16(14-25-17)15-7-4-3-5-8-15/h3-5,7-8,14H,6,9-13H2,1-2H3,(H2,19,20,21). The van der Waals surface area contributed by atoms with Crippen LogP contribution in [0.1, 0.15) is 11.4 Å². The first kappa shape index (κ1) is 19.4. The van der Waals surface area contributed by atoms with Crippen molar-refractivity contribution in [3.05, 3.63) is 40.7 Å². The highest BCUT2D eigenvalue weighted by atomic mass is 32.1. The van der Waals surface area contributed by atoms with Gasteiger partial charge in [-0.1, -0.05) is 30.3 Å². The second-order valence-electron chi connectivity index (χ2n) is 5.30. The monoisotopic (exact) mass is 362 g/mol. The number of nitrogens with one attached hydrogen (secondary N) is 2. The van der Waals surface area contributed by atoms with E-state index in [0.717, 1.165) is 35.2 Å². The van der Waals surface area contributed by atoms with Crippen LogP contribution in [-0.2, 0) is 16.0 Å². The number of aromatic nitrogens is 1. The van der Waals surface area contributed by atoms with Gasteiger partial charge in [-0.3, -0.25) is 4.99 Å². The Bertz CT molecular complexity index is 631. The molecule has 2 rings (SSSR count). The molecule has 136 valence electrons. The number of benzene rings is 1. The zero-order chi connectivity index (χ0) is 17.7. The van der Waals surface area contributed by atoms with Gasteiger partial charge in [0.2, 0.25) is 0 Å². The number of aliphatic imine (C=N–C) groups is 1. The zero-order valence-electron chi connectivity index (χ0n) is 14.8. The van der Waals surface area contributed by atoms with Crippen LogP contribution in [0, 0.1) is 0 Å². The predicted octanol–water partition coefficient (Wildman–Crippen LogP) is 2.53. The molecule has 1 aromatic heterocycles. The zero-order valence-corrected chi connectivity index (χ0v) is 15.6. The third-order valence-corrected chi connectivity index (χ3v) is 4.29. The topological polar surface area (TPSA) is 67.8 Å². The second kappa shape index (κ2) is 11.6. The van der Waals surface area contributed by atoms with Crippen LogP contribution in [0.5, 0.6) is 0 Å². The Balaban J connectivity index is 1.68. The molecule has 7 heteroatoms. The molecule has 0 atom stereocenters. The number of thiazole rings is 1. The van der Waals surface area contributed by atoms with Crippen molar-refractivity contribution in [1.29, 1.82) is 0 Å². The molecule has 0 aliphatic heterocycles. The minimum atomic E-state index is 0.634. The molecule has 6 nitrogen and oxygen atoms in total. The van der Waals surface area contributed by atoms with Crippen molar-refractivity contribution >= 4 is 17.3 Å². The lowest BCUT2D eigenvalue weighted by molar-refractivity contribution is 0.0698. The molecular formula is C18H26N4O2S. The quantitative estimate of drug-likeness (QED) is 0.386. The van der Waals surface area contributed by atoms with Crippen molar-refractivity contribution in [3.63, 3.8) is 0 Å². The average molecular weight is 362 g/mol. The SMILES string of the molecule is CN=C(NCCCOCCOC)NCc1nc(-c2ccccc2)cs1. The maximum atomic E-state index is 5.43. The van der Waals surface area contributed by atoms with Gasteiger partial charge in [0.25, 0.3) is 0 Å². The summed E-state index contributed by atoms with van der Waals surface area (Å²) < 4.78 is 10.4. The van der Waals surface area contributed by atoms with Crippen LogP contribution in [0.3, 0.4) is 0 Å². The summed E-state index contributed by atoms with van der Waals surface area (Å²) in [4.78, 5) is 8.89. The van der Waals surface area contributed by atoms with E-state index in [9.17, 15) is 0 Å². The lowest BCUT2D eigenvalue weighted by atomic mass is 10.2. The summed E-state index contributed by atoms with van der Waals surface area (Å²) in [7, 11) is 3.44. The van der Waals surface area contributed by atoms with E-state index in [1.165, 1.54) is 0 Å². The van der Waals surface area contributed by atoms with E-state index < -0.39 is 0 Å². The molecule has 2 aromatic rings. The molecule has 0 saturated carbocycles. The predicted molar refractivity (Wildman–Crippen MR) is 103 cm³/mol. The number of guanidine groups is 1. The number of hydrogen-bond donors (Lipinski definition) is 2. The fraction of sp³-hybridized carbons (Fsp3) is 0.444. The Kier molecular flexibility index (Phi) is 8.96. The first-order valence-electron chi connectivity index (χ1n) is 8.34. The first-order chi connectivity index (χ1) is 12.3. The third-order valence-electron chi connectivity index (χ3n) is 3.44. The van der Waals surface area contributed by atoms with Crippen molar-refractivity contribution in [2.75, 3.05) is 40.5 Å². The summed E-state index contributed by atoms with van der Waals surface area (Å²) in [5.74, 6) is 0.772. The average Bonchev–Trinajstić information content (AvgIpc) is 3.13. The number of nitrogens with zero attached hydrogens (tertiary/aromatic N) is 2. The van der Waals surface area contributed by atoms with Gasteiger partial charge in [0.15, 0.2) is 5.96 Å². The fourth-order valence-corrected chi connectivity index (χ4v) is 2.88. The highest BCUT2D eigenvalue weighted by molar-refractivity contribution is 7.09. The van der Waals surface area contributed by atoms with Crippen molar-refractivity contribution in [1.82, 2.24) is 15.6 Å². The Hall–Kier alpha value is -1.96. The minimum absolute atomic E-state index is 0.634. The van der Waals surface area contributed by atoms with Crippen LogP contribution < -0.4 is 10.6 Å². The van der Waals surface area contributed by atoms with Crippen LogP contribution >= 0.6 is 11.3 Å². The first-order valence-corrected chi connectivity index (χ1v) is 9.22. The van der Waals surface area contributed by atoms with Crippen LogP contribution in [-0.4, -0.2) is 51.5 Å². The molecule has 0 spiro atoms. The van der Waals surface area contributed by atoms with Gasteiger partial charge in [0, 0.05) is 38.3 Å². The normalized spacial score (nSPS) is 11.5. The molecule has 1 aromatic carbocycles. The molecular weight excluding hydrogens is 336 g/mol. The number of ether oxygens (including phenoxy) is 2. The molecule has 0 saturated heterocycles. The smallest absolute Gasteiger partial charge is 0.191 e. The largest absolute Gasteiger partial charge is 0.382 e. The highest BCUT2D eigenvalue weighted by Crippen LogP contribution is 2.21. The van der Waals surface area contributed by atoms with Crippen molar-refractivity contribution in [2.24, 2.45) is 4.99 Å². The summed E-state index contributed by atoms with van der Waals surface area (Å²) in [5, 5.41) is 9.68. The van der Waals surface area contributed by atoms with E-state index >= 15 is 0 Å². The number of methoxy groups -OCH3 is 1. The van der Waals surface area contributed by atoms with Gasteiger partial charge < -0.3 is 20.1 Å². The lowest BCUT2D eigenvalue weighted by Gasteiger charge is -2.11. The van der Waals surface area contributed by atoms with Crippen molar-refractivity contribution < 1.29 is 9.47 Å². The van der Waals surface area contributed by atoms with Crippen LogP contribution in [0.4, 0.5) is 0 Å². The molecule has 0 unspecified atom stereocenters. The van der Waals surface area contributed by atoms with E-state index in [4.69, 9.17) is 9.47 Å². The molecule has 0 amide bonds. The summed E-state index contributed by atoms with van der Waals surface area (Å²) in [6.45, 7) is 3.44. The highest BCUT2D eigenvalue weighted by Gasteiger charge is 2.05. The van der Waals surface area contributed by atoms with Gasteiger partial charge in [-0.15, -0.1) is 11.3 Å². The summed E-state index contributed by atoms with van der Waals surface area (Å²) in [6, 6.07) is 10.2. The van der Waals surface area contributed by atoms with Gasteiger partial charge in [-0.25, -0.2) is 4.98 Å². The van der Waals surface area contributed by atoms with Gasteiger partial charge in [0.05, 0.1) is 25.5 Å². The molecule has 0 bridgehead atoms. The van der Waals surface area contributed by atoms with Crippen molar-refractivity contribution in [3.8, 4) is 11.3 Å². The van der Waals surface area contributed by atoms with Crippen molar-refractivity contribution in [2.45, 2.75) is 13.0 Å². The molecule has 0 radical (unpaired) electrons. The Morgan fingerprint density at radius 3 is 2.76 bits per heavy atom. The van der Waals surface area contributed by atoms with E-state index in [1.54, 1.807) is 25.5 Å². The molecule has 0 aliphatic rings. The van der Waals surface area contributed by atoms with Gasteiger partial charge >= 0.3 is 0 Å². The number of rotatable bonds is 10. The molecule has 0 aliphatic carbocycles. The van der Waals surface area contributed by atoms with Gasteiger partial charge in [-0.05, 0) is 6.42 Å². The Labute approximate surface area is 153 Å². The molecule has 0 fully saturated rings. The third kappa shape index (κ3) is 7.21. The van der Waals surface area contributed by atoms with Crippen LogP contribution in [0.25, 0.3) is 11.3 Å². The maximum Gasteiger partial charge on any atom is 0.191 e.